The van der Waals surface area contributed by atoms with Gasteiger partial charge in [0.25, 0.3) is 0 Å². The Labute approximate surface area is 130 Å². The van der Waals surface area contributed by atoms with Gasteiger partial charge in [-0.15, -0.1) is 0 Å². The van der Waals surface area contributed by atoms with E-state index in [1.54, 1.807) is 0 Å². The third kappa shape index (κ3) is 12.2. The summed E-state index contributed by atoms with van der Waals surface area (Å²) in [5.74, 6) is 0.183. The minimum atomic E-state index is -0.0260. The van der Waals surface area contributed by atoms with Gasteiger partial charge in [-0.25, -0.2) is 0 Å². The minimum Gasteiger partial charge on any atom is -0.370 e. The van der Waals surface area contributed by atoms with E-state index in [0.29, 0.717) is 0 Å². The Morgan fingerprint density at radius 1 is 0.810 bits per heavy atom. The summed E-state index contributed by atoms with van der Waals surface area (Å²) >= 11 is 0. The highest BCUT2D eigenvalue weighted by Crippen LogP contribution is 2.08. The first-order chi connectivity index (χ1) is 10.1. The maximum absolute atomic E-state index is 7.99. The Morgan fingerprint density at radius 2 is 1.24 bits per heavy atom. The molecule has 0 rings (SSSR count). The van der Waals surface area contributed by atoms with E-state index in [4.69, 9.17) is 16.9 Å². The van der Waals surface area contributed by atoms with Crippen LogP contribution in [0.2, 0.25) is 0 Å². The smallest absolute Gasteiger partial charge is 0.221 e. The van der Waals surface area contributed by atoms with E-state index in [2.05, 4.69) is 18.8 Å². The molecular formula is C16H35N5. The number of unbranched alkanes of at least 4 members (excludes halogenated alkanes) is 8. The summed E-state index contributed by atoms with van der Waals surface area (Å²) < 4.78 is 0. The molecule has 0 aromatic carbocycles. The largest absolute Gasteiger partial charge is 0.370 e. The van der Waals surface area contributed by atoms with Crippen molar-refractivity contribution < 1.29 is 0 Å². The molecule has 0 aliphatic carbocycles. The SMILES string of the molecule is CCCCCCCN(CCCCCCC)C(=N)N=C(N)N. The number of rotatable bonds is 12. The van der Waals surface area contributed by atoms with Crippen LogP contribution >= 0.6 is 0 Å². The van der Waals surface area contributed by atoms with E-state index in [0.717, 1.165) is 25.9 Å². The van der Waals surface area contributed by atoms with Crippen LogP contribution in [0, 0.1) is 5.41 Å². The van der Waals surface area contributed by atoms with Crippen LogP contribution in [0.4, 0.5) is 0 Å². The topological polar surface area (TPSA) is 91.5 Å². The first kappa shape index (κ1) is 19.7. The molecule has 0 aromatic heterocycles. The van der Waals surface area contributed by atoms with Gasteiger partial charge in [-0.3, -0.25) is 5.41 Å². The molecule has 0 radical (unpaired) electrons. The molecule has 0 saturated carbocycles. The van der Waals surface area contributed by atoms with Gasteiger partial charge < -0.3 is 16.4 Å². The zero-order valence-corrected chi connectivity index (χ0v) is 14.0. The van der Waals surface area contributed by atoms with Crippen molar-refractivity contribution >= 4 is 11.9 Å². The molecule has 0 aliphatic rings. The van der Waals surface area contributed by atoms with Crippen LogP contribution in [0.5, 0.6) is 0 Å². The van der Waals surface area contributed by atoms with Crippen LogP contribution in [-0.2, 0) is 0 Å². The Balaban J connectivity index is 4.09. The van der Waals surface area contributed by atoms with Crippen molar-refractivity contribution in [1.82, 2.24) is 4.90 Å². The van der Waals surface area contributed by atoms with Crippen molar-refractivity contribution in [2.24, 2.45) is 16.5 Å². The van der Waals surface area contributed by atoms with Crippen molar-refractivity contribution in [3.8, 4) is 0 Å². The highest BCUT2D eigenvalue weighted by atomic mass is 15.3. The summed E-state index contributed by atoms with van der Waals surface area (Å²) in [6, 6.07) is 0. The summed E-state index contributed by atoms with van der Waals surface area (Å²) in [6.45, 7) is 6.20. The van der Waals surface area contributed by atoms with Gasteiger partial charge in [0, 0.05) is 13.1 Å². The fraction of sp³-hybridized carbons (Fsp3) is 0.875. The Morgan fingerprint density at radius 3 is 1.62 bits per heavy atom. The first-order valence-electron chi connectivity index (χ1n) is 8.54. The normalized spacial score (nSPS) is 10.4. The van der Waals surface area contributed by atoms with Crippen molar-refractivity contribution in [2.45, 2.75) is 78.1 Å². The van der Waals surface area contributed by atoms with Gasteiger partial charge in [0.1, 0.15) is 0 Å². The molecule has 0 aliphatic heterocycles. The molecule has 21 heavy (non-hydrogen) atoms. The Kier molecular flexibility index (Phi) is 12.9. The molecule has 0 saturated heterocycles. The third-order valence-electron chi connectivity index (χ3n) is 3.60. The number of hydrogen-bond donors (Lipinski definition) is 3. The molecular weight excluding hydrogens is 262 g/mol. The van der Waals surface area contributed by atoms with Crippen molar-refractivity contribution in [1.29, 1.82) is 5.41 Å². The molecule has 0 aromatic rings. The minimum absolute atomic E-state index is 0.0260. The molecule has 0 heterocycles. The lowest BCUT2D eigenvalue weighted by atomic mass is 10.1. The van der Waals surface area contributed by atoms with E-state index in [-0.39, 0.29) is 11.9 Å². The van der Waals surface area contributed by atoms with Gasteiger partial charge >= 0.3 is 0 Å². The van der Waals surface area contributed by atoms with Gasteiger partial charge in [-0.1, -0.05) is 65.2 Å². The van der Waals surface area contributed by atoms with E-state index in [1.165, 1.54) is 51.4 Å². The molecule has 0 fully saturated rings. The zero-order valence-electron chi connectivity index (χ0n) is 14.0. The summed E-state index contributed by atoms with van der Waals surface area (Å²) in [5.41, 5.74) is 10.8. The predicted molar refractivity (Wildman–Crippen MR) is 92.6 cm³/mol. The fourth-order valence-electron chi connectivity index (χ4n) is 2.33. The second kappa shape index (κ2) is 13.7. The van der Waals surface area contributed by atoms with Gasteiger partial charge in [0.15, 0.2) is 5.96 Å². The number of guanidine groups is 2. The maximum atomic E-state index is 7.99. The fourth-order valence-corrected chi connectivity index (χ4v) is 2.33. The molecule has 0 atom stereocenters. The molecule has 0 bridgehead atoms. The standard InChI is InChI=1S/C16H35N5/c1-3-5-7-9-11-13-21(16(19)20-15(17)18)14-12-10-8-6-4-2/h3-14H2,1-2H3,(H5,17,18,19,20). The van der Waals surface area contributed by atoms with E-state index >= 15 is 0 Å². The van der Waals surface area contributed by atoms with Gasteiger partial charge in [0.05, 0.1) is 0 Å². The maximum Gasteiger partial charge on any atom is 0.221 e. The van der Waals surface area contributed by atoms with Crippen molar-refractivity contribution in [2.75, 3.05) is 13.1 Å². The predicted octanol–water partition coefficient (Wildman–Crippen LogP) is 3.44. The molecule has 124 valence electrons. The lowest BCUT2D eigenvalue weighted by molar-refractivity contribution is 0.379. The highest BCUT2D eigenvalue weighted by molar-refractivity contribution is 5.91. The monoisotopic (exact) mass is 297 g/mol. The molecule has 0 spiro atoms. The lowest BCUT2D eigenvalue weighted by Gasteiger charge is -2.22. The van der Waals surface area contributed by atoms with Crippen LogP contribution in [-0.4, -0.2) is 29.9 Å². The van der Waals surface area contributed by atoms with Crippen LogP contribution in [0.25, 0.3) is 0 Å². The van der Waals surface area contributed by atoms with Crippen LogP contribution in [0.1, 0.15) is 78.1 Å². The van der Waals surface area contributed by atoms with Crippen molar-refractivity contribution in [3.05, 3.63) is 0 Å². The van der Waals surface area contributed by atoms with E-state index in [1.807, 2.05) is 4.90 Å². The average molecular weight is 297 g/mol. The molecule has 0 amide bonds. The summed E-state index contributed by atoms with van der Waals surface area (Å²) in [4.78, 5) is 5.90. The molecule has 5 N–H and O–H groups in total. The van der Waals surface area contributed by atoms with Crippen LogP contribution < -0.4 is 11.5 Å². The molecule has 5 nitrogen and oxygen atoms in total. The van der Waals surface area contributed by atoms with Gasteiger partial charge in [0.2, 0.25) is 5.96 Å². The summed E-state index contributed by atoms with van der Waals surface area (Å²) in [5, 5.41) is 7.99. The molecule has 0 unspecified atom stereocenters. The number of aliphatic imine (C=N–C) groups is 1. The number of hydrogen-bond acceptors (Lipinski definition) is 1. The van der Waals surface area contributed by atoms with Crippen LogP contribution in [0.3, 0.4) is 0 Å². The van der Waals surface area contributed by atoms with E-state index < -0.39 is 0 Å². The average Bonchev–Trinajstić information content (AvgIpc) is 2.43. The number of nitrogens with two attached hydrogens (primary N) is 2. The van der Waals surface area contributed by atoms with E-state index in [9.17, 15) is 0 Å². The number of nitrogens with one attached hydrogen (secondary N) is 1. The zero-order chi connectivity index (χ0) is 15.9. The third-order valence-corrected chi connectivity index (χ3v) is 3.60. The lowest BCUT2D eigenvalue weighted by Crippen LogP contribution is -2.34. The highest BCUT2D eigenvalue weighted by Gasteiger charge is 2.08. The van der Waals surface area contributed by atoms with Crippen LogP contribution in [0.15, 0.2) is 4.99 Å². The Bertz CT molecular complexity index is 270. The summed E-state index contributed by atoms with van der Waals surface area (Å²) in [7, 11) is 0. The summed E-state index contributed by atoms with van der Waals surface area (Å²) in [6.07, 6.45) is 12.3. The van der Waals surface area contributed by atoms with Gasteiger partial charge in [-0.05, 0) is 12.8 Å². The van der Waals surface area contributed by atoms with Crippen molar-refractivity contribution in [3.63, 3.8) is 0 Å². The molecule has 5 heteroatoms. The Hall–Kier alpha value is -1.26. The first-order valence-corrected chi connectivity index (χ1v) is 8.54. The second-order valence-corrected chi connectivity index (χ2v) is 5.68. The number of nitrogens with zero attached hydrogens (tertiary/aromatic N) is 2. The van der Waals surface area contributed by atoms with Gasteiger partial charge in [-0.2, -0.15) is 4.99 Å². The second-order valence-electron chi connectivity index (χ2n) is 5.68. The quantitative estimate of drug-likeness (QED) is 0.293.